The van der Waals surface area contributed by atoms with Crippen LogP contribution in [0.15, 0.2) is 5.57 Å². The fourth-order valence-electron chi connectivity index (χ4n) is 4.13. The van der Waals surface area contributed by atoms with Gasteiger partial charge in [-0.15, -0.1) is 0 Å². The van der Waals surface area contributed by atoms with E-state index in [1.807, 2.05) is 0 Å². The number of hydrogen-bond acceptors (Lipinski definition) is 0. The molecule has 0 aliphatic carbocycles. The number of nitrogens with zero attached hydrogens (tertiary/aromatic N) is 1. The molecule has 0 amide bonds. The third kappa shape index (κ3) is 2.59. The molecule has 0 unspecified atom stereocenters. The highest BCUT2D eigenvalue weighted by Gasteiger charge is 2.26. The Morgan fingerprint density at radius 2 is 1.21 bits per heavy atom. The van der Waals surface area contributed by atoms with Gasteiger partial charge in [0.25, 0.3) is 0 Å². The first-order chi connectivity index (χ1) is 11.2. The second-order valence-corrected chi connectivity index (χ2v) is 7.41. The van der Waals surface area contributed by atoms with Gasteiger partial charge in [0.15, 0.2) is 5.69 Å². The van der Waals surface area contributed by atoms with Crippen molar-refractivity contribution in [3.8, 4) is 0 Å². The Morgan fingerprint density at radius 3 is 1.62 bits per heavy atom. The van der Waals surface area contributed by atoms with Crippen LogP contribution >= 0.6 is 0 Å². The molecule has 0 fully saturated rings. The molecule has 0 saturated heterocycles. The molecule has 0 saturated carbocycles. The summed E-state index contributed by atoms with van der Waals surface area (Å²) in [6.45, 7) is 20.5. The number of fused-ring (bicyclic) bond motifs is 1. The van der Waals surface area contributed by atoms with Crippen LogP contribution in [-0.2, 0) is 19.9 Å². The highest BCUT2D eigenvalue weighted by Crippen LogP contribution is 2.37. The van der Waals surface area contributed by atoms with Crippen molar-refractivity contribution in [1.29, 1.82) is 0 Å². The minimum Gasteiger partial charge on any atom is -0.198 e. The van der Waals surface area contributed by atoms with E-state index >= 15 is 0 Å². The van der Waals surface area contributed by atoms with Gasteiger partial charge in [-0.2, -0.15) is 4.57 Å². The molecule has 2 aromatic rings. The summed E-state index contributed by atoms with van der Waals surface area (Å²) in [6, 6.07) is 0. The van der Waals surface area contributed by atoms with E-state index in [2.05, 4.69) is 73.9 Å². The van der Waals surface area contributed by atoms with E-state index in [1.54, 1.807) is 0 Å². The summed E-state index contributed by atoms with van der Waals surface area (Å²) in [5, 5.41) is 2.99. The zero-order chi connectivity index (χ0) is 18.3. The maximum Gasteiger partial charge on any atom is 0.216 e. The SMILES string of the molecule is CCc1c(C)c(C)c(CC)c2c(C(C)=C(C)C)[n+](C)c(C)c(C)c12. The summed E-state index contributed by atoms with van der Waals surface area (Å²) in [4.78, 5) is 0. The third-order valence-electron chi connectivity index (χ3n) is 6.13. The summed E-state index contributed by atoms with van der Waals surface area (Å²) in [5.41, 5.74) is 13.0. The van der Waals surface area contributed by atoms with Crippen LogP contribution in [0.4, 0.5) is 0 Å². The second-order valence-electron chi connectivity index (χ2n) is 7.41. The van der Waals surface area contributed by atoms with Crippen LogP contribution in [0.3, 0.4) is 0 Å². The van der Waals surface area contributed by atoms with E-state index in [0.29, 0.717) is 0 Å². The summed E-state index contributed by atoms with van der Waals surface area (Å²) >= 11 is 0. The van der Waals surface area contributed by atoms with Gasteiger partial charge in [-0.25, -0.2) is 0 Å². The van der Waals surface area contributed by atoms with Gasteiger partial charge >= 0.3 is 0 Å². The Kier molecular flexibility index (Phi) is 5.22. The van der Waals surface area contributed by atoms with Gasteiger partial charge in [0.05, 0.1) is 5.39 Å². The first kappa shape index (κ1) is 18.7. The first-order valence-corrected chi connectivity index (χ1v) is 9.27. The number of rotatable bonds is 3. The maximum atomic E-state index is 2.41. The van der Waals surface area contributed by atoms with Gasteiger partial charge in [-0.3, -0.25) is 0 Å². The molecule has 0 radical (unpaired) electrons. The molecule has 0 aliphatic rings. The van der Waals surface area contributed by atoms with E-state index in [-0.39, 0.29) is 0 Å². The molecule has 0 bridgehead atoms. The zero-order valence-electron chi connectivity index (χ0n) is 17.4. The van der Waals surface area contributed by atoms with E-state index in [4.69, 9.17) is 0 Å². The van der Waals surface area contributed by atoms with Crippen molar-refractivity contribution in [2.75, 3.05) is 0 Å². The number of allylic oxidation sites excluding steroid dienone is 2. The van der Waals surface area contributed by atoms with Crippen molar-refractivity contribution in [3.05, 3.63) is 44.8 Å². The van der Waals surface area contributed by atoms with Crippen molar-refractivity contribution in [3.63, 3.8) is 0 Å². The molecule has 1 aromatic carbocycles. The smallest absolute Gasteiger partial charge is 0.198 e. The molecular formula is C23H34N+. The van der Waals surface area contributed by atoms with Crippen molar-refractivity contribution in [2.45, 2.75) is 75.2 Å². The minimum absolute atomic E-state index is 1.08. The van der Waals surface area contributed by atoms with Crippen LogP contribution < -0.4 is 4.57 Å². The maximum absolute atomic E-state index is 2.41. The first-order valence-electron chi connectivity index (χ1n) is 9.27. The molecule has 130 valence electrons. The van der Waals surface area contributed by atoms with Crippen molar-refractivity contribution in [2.24, 2.45) is 7.05 Å². The minimum atomic E-state index is 1.08. The number of pyridine rings is 1. The molecule has 0 spiro atoms. The van der Waals surface area contributed by atoms with Crippen LogP contribution in [0.1, 0.15) is 73.8 Å². The standard InChI is InChI=1S/C23H34N/c1-11-19-15(6)16(7)20(12-2)22-21(19)17(8)18(9)24(10)23(22)14(5)13(3)4/h11-12H2,1-10H3/q+1. The molecule has 24 heavy (non-hydrogen) atoms. The summed E-state index contributed by atoms with van der Waals surface area (Å²) in [5.74, 6) is 0. The Balaban J connectivity index is 3.31. The van der Waals surface area contributed by atoms with Gasteiger partial charge < -0.3 is 0 Å². The molecule has 1 aromatic heterocycles. The molecule has 1 nitrogen and oxygen atoms in total. The Bertz CT molecular complexity index is 847. The highest BCUT2D eigenvalue weighted by atomic mass is 14.9. The van der Waals surface area contributed by atoms with Gasteiger partial charge in [-0.05, 0) is 76.6 Å². The zero-order valence-corrected chi connectivity index (χ0v) is 17.4. The highest BCUT2D eigenvalue weighted by molar-refractivity contribution is 5.99. The lowest BCUT2D eigenvalue weighted by atomic mass is 9.84. The topological polar surface area (TPSA) is 3.88 Å². The van der Waals surface area contributed by atoms with E-state index < -0.39 is 0 Å². The number of aromatic nitrogens is 1. The predicted molar refractivity (Wildman–Crippen MR) is 107 cm³/mol. The molecule has 2 rings (SSSR count). The fourth-order valence-corrected chi connectivity index (χ4v) is 4.13. The summed E-state index contributed by atoms with van der Waals surface area (Å²) < 4.78 is 2.41. The summed E-state index contributed by atoms with van der Waals surface area (Å²) in [6.07, 6.45) is 2.17. The lowest BCUT2D eigenvalue weighted by Crippen LogP contribution is -2.38. The molecule has 0 N–H and O–H groups in total. The Hall–Kier alpha value is -1.63. The van der Waals surface area contributed by atoms with Gasteiger partial charge in [-0.1, -0.05) is 19.4 Å². The molecule has 0 atom stereocenters. The van der Waals surface area contributed by atoms with Crippen molar-refractivity contribution < 1.29 is 4.57 Å². The van der Waals surface area contributed by atoms with E-state index in [1.165, 1.54) is 61.1 Å². The molecule has 0 aliphatic heterocycles. The Morgan fingerprint density at radius 1 is 0.750 bits per heavy atom. The van der Waals surface area contributed by atoms with Gasteiger partial charge in [0.1, 0.15) is 7.05 Å². The van der Waals surface area contributed by atoms with Crippen LogP contribution in [0, 0.1) is 27.7 Å². The average molecular weight is 325 g/mol. The quantitative estimate of drug-likeness (QED) is 0.625. The Labute approximate surface area is 148 Å². The normalized spacial score (nSPS) is 11.2. The monoisotopic (exact) mass is 324 g/mol. The largest absolute Gasteiger partial charge is 0.216 e. The van der Waals surface area contributed by atoms with Crippen LogP contribution in [0.2, 0.25) is 0 Å². The van der Waals surface area contributed by atoms with E-state index in [0.717, 1.165) is 12.8 Å². The van der Waals surface area contributed by atoms with Crippen LogP contribution in [-0.4, -0.2) is 0 Å². The van der Waals surface area contributed by atoms with Crippen molar-refractivity contribution in [1.82, 2.24) is 0 Å². The second kappa shape index (κ2) is 6.70. The number of aryl methyl sites for hydroxylation is 3. The molecular weight excluding hydrogens is 290 g/mol. The van der Waals surface area contributed by atoms with Gasteiger partial charge in [0, 0.05) is 23.4 Å². The lowest BCUT2D eigenvalue weighted by Gasteiger charge is -2.21. The fraction of sp³-hybridized carbons (Fsp3) is 0.522. The number of benzene rings is 1. The van der Waals surface area contributed by atoms with E-state index in [9.17, 15) is 0 Å². The molecule has 1 heterocycles. The third-order valence-corrected chi connectivity index (χ3v) is 6.13. The van der Waals surface area contributed by atoms with Crippen molar-refractivity contribution >= 4 is 16.3 Å². The van der Waals surface area contributed by atoms with Gasteiger partial charge in [0.2, 0.25) is 5.69 Å². The lowest BCUT2D eigenvalue weighted by molar-refractivity contribution is -0.678. The number of hydrogen-bond donors (Lipinski definition) is 0. The predicted octanol–water partition coefficient (Wildman–Crippen LogP) is 5.84. The van der Waals surface area contributed by atoms with Crippen LogP contribution in [0.5, 0.6) is 0 Å². The molecule has 1 heteroatoms. The summed E-state index contributed by atoms with van der Waals surface area (Å²) in [7, 11) is 2.23. The average Bonchev–Trinajstić information content (AvgIpc) is 2.54. The van der Waals surface area contributed by atoms with Crippen LogP contribution in [0.25, 0.3) is 16.3 Å².